The van der Waals surface area contributed by atoms with Crippen LogP contribution in [0.5, 0.6) is 0 Å². The summed E-state index contributed by atoms with van der Waals surface area (Å²) < 4.78 is 5.65. The molecule has 1 aromatic rings. The summed E-state index contributed by atoms with van der Waals surface area (Å²) in [4.78, 5) is 24.0. The van der Waals surface area contributed by atoms with Crippen LogP contribution in [0.25, 0.3) is 0 Å². The van der Waals surface area contributed by atoms with Gasteiger partial charge in [-0.2, -0.15) is 0 Å². The van der Waals surface area contributed by atoms with Crippen molar-refractivity contribution in [1.29, 1.82) is 0 Å². The summed E-state index contributed by atoms with van der Waals surface area (Å²) in [5, 5.41) is 3.46. The monoisotopic (exact) mass is 356 g/mol. The molecule has 1 saturated carbocycles. The van der Waals surface area contributed by atoms with Crippen molar-refractivity contribution in [3.63, 3.8) is 0 Å². The molecular formula is C20H28N4O2. The van der Waals surface area contributed by atoms with Crippen molar-refractivity contribution < 1.29 is 9.53 Å². The van der Waals surface area contributed by atoms with Gasteiger partial charge in [0, 0.05) is 25.2 Å². The molecule has 2 aliphatic carbocycles. The van der Waals surface area contributed by atoms with E-state index in [1.54, 1.807) is 6.20 Å². The highest BCUT2D eigenvalue weighted by Crippen LogP contribution is 2.27. The zero-order chi connectivity index (χ0) is 17.8. The van der Waals surface area contributed by atoms with Crippen molar-refractivity contribution >= 4 is 11.7 Å². The van der Waals surface area contributed by atoms with Gasteiger partial charge in [-0.1, -0.05) is 11.6 Å². The van der Waals surface area contributed by atoms with Crippen LogP contribution in [0.3, 0.4) is 0 Å². The van der Waals surface area contributed by atoms with Gasteiger partial charge in [0.15, 0.2) is 5.82 Å². The largest absolute Gasteiger partial charge is 0.377 e. The van der Waals surface area contributed by atoms with Gasteiger partial charge in [0.05, 0.1) is 13.2 Å². The lowest BCUT2D eigenvalue weighted by molar-refractivity contribution is -0.139. The number of ether oxygens (including phenoxy) is 1. The molecule has 1 amide bonds. The van der Waals surface area contributed by atoms with Crippen LogP contribution in [-0.2, 0) is 9.53 Å². The Balaban J connectivity index is 1.46. The molecule has 2 heterocycles. The number of hydrogen-bond donors (Lipinski definition) is 1. The van der Waals surface area contributed by atoms with Gasteiger partial charge >= 0.3 is 0 Å². The van der Waals surface area contributed by atoms with Crippen molar-refractivity contribution in [2.75, 3.05) is 25.1 Å². The normalized spacial score (nSPS) is 23.9. The number of morpholine rings is 1. The molecule has 6 heteroatoms. The molecule has 6 nitrogen and oxygen atoms in total. The third-order valence-corrected chi connectivity index (χ3v) is 5.64. The minimum atomic E-state index is -0.191. The maximum absolute atomic E-state index is 12.9. The fourth-order valence-electron chi connectivity index (χ4n) is 3.85. The number of rotatable bonds is 5. The first-order valence-electron chi connectivity index (χ1n) is 9.94. The van der Waals surface area contributed by atoms with Gasteiger partial charge < -0.3 is 15.0 Å². The quantitative estimate of drug-likeness (QED) is 0.821. The van der Waals surface area contributed by atoms with E-state index >= 15 is 0 Å². The number of allylic oxidation sites excluding steroid dienone is 1. The molecule has 1 aliphatic heterocycles. The standard InChI is InChI=1S/C20H28N4O2/c25-19(13-15-5-2-1-3-6-15)24-11-12-26-14-17(24)20-21-10-9-18(23-20)22-16-7-4-8-16/h5,9-10,16-17H,1-4,6-8,11-14H2,(H,21,22,23)/t17-/m0/s1. The Labute approximate surface area is 155 Å². The molecule has 1 saturated heterocycles. The minimum Gasteiger partial charge on any atom is -0.377 e. The minimum absolute atomic E-state index is 0.174. The number of carbonyl (C=O) groups is 1. The van der Waals surface area contributed by atoms with Crippen LogP contribution in [0.1, 0.15) is 63.2 Å². The van der Waals surface area contributed by atoms with E-state index in [0.717, 1.165) is 18.7 Å². The highest BCUT2D eigenvalue weighted by molar-refractivity contribution is 5.79. The molecule has 26 heavy (non-hydrogen) atoms. The van der Waals surface area contributed by atoms with Gasteiger partial charge in [-0.05, 0) is 51.0 Å². The molecular weight excluding hydrogens is 328 g/mol. The van der Waals surface area contributed by atoms with Crippen LogP contribution >= 0.6 is 0 Å². The lowest BCUT2D eigenvalue weighted by Crippen LogP contribution is -2.44. The van der Waals surface area contributed by atoms with Gasteiger partial charge in [0.2, 0.25) is 5.91 Å². The van der Waals surface area contributed by atoms with Gasteiger partial charge in [0.25, 0.3) is 0 Å². The van der Waals surface area contributed by atoms with Crippen molar-refractivity contribution in [3.05, 3.63) is 29.7 Å². The highest BCUT2D eigenvalue weighted by atomic mass is 16.5. The number of amides is 1. The summed E-state index contributed by atoms with van der Waals surface area (Å²) in [5.74, 6) is 1.71. The lowest BCUT2D eigenvalue weighted by Gasteiger charge is -2.35. The number of nitrogens with one attached hydrogen (secondary N) is 1. The lowest BCUT2D eigenvalue weighted by atomic mass is 9.93. The fourth-order valence-corrected chi connectivity index (χ4v) is 3.85. The van der Waals surface area contributed by atoms with Gasteiger partial charge in [-0.15, -0.1) is 0 Å². The predicted octanol–water partition coefficient (Wildman–Crippen LogP) is 3.23. The van der Waals surface area contributed by atoms with E-state index in [2.05, 4.69) is 21.4 Å². The summed E-state index contributed by atoms with van der Waals surface area (Å²) >= 11 is 0. The molecule has 1 N–H and O–H groups in total. The first-order valence-corrected chi connectivity index (χ1v) is 9.94. The predicted molar refractivity (Wildman–Crippen MR) is 99.7 cm³/mol. The van der Waals surface area contributed by atoms with Crippen molar-refractivity contribution in [1.82, 2.24) is 14.9 Å². The second-order valence-corrected chi connectivity index (χ2v) is 7.54. The Kier molecular flexibility index (Phi) is 5.48. The van der Waals surface area contributed by atoms with Crippen LogP contribution in [0, 0.1) is 0 Å². The third kappa shape index (κ3) is 4.06. The van der Waals surface area contributed by atoms with E-state index in [0.29, 0.717) is 38.0 Å². The van der Waals surface area contributed by atoms with E-state index in [4.69, 9.17) is 4.74 Å². The van der Waals surface area contributed by atoms with Crippen LogP contribution in [0.15, 0.2) is 23.9 Å². The maximum Gasteiger partial charge on any atom is 0.227 e. The number of nitrogens with zero attached hydrogens (tertiary/aromatic N) is 3. The van der Waals surface area contributed by atoms with E-state index in [-0.39, 0.29) is 11.9 Å². The molecule has 0 unspecified atom stereocenters. The van der Waals surface area contributed by atoms with E-state index < -0.39 is 0 Å². The summed E-state index contributed by atoms with van der Waals surface area (Å²) in [6.45, 7) is 1.67. The van der Waals surface area contributed by atoms with Gasteiger partial charge in [0.1, 0.15) is 11.9 Å². The Bertz CT molecular complexity index is 672. The Hall–Kier alpha value is -1.95. The van der Waals surface area contributed by atoms with Crippen molar-refractivity contribution in [3.8, 4) is 0 Å². The fraction of sp³-hybridized carbons (Fsp3) is 0.650. The number of hydrogen-bond acceptors (Lipinski definition) is 5. The molecule has 3 aliphatic rings. The number of anilines is 1. The Morgan fingerprint density at radius 1 is 1.31 bits per heavy atom. The van der Waals surface area contributed by atoms with Crippen LogP contribution in [-0.4, -0.2) is 46.6 Å². The summed E-state index contributed by atoms with van der Waals surface area (Å²) in [7, 11) is 0. The second kappa shape index (κ2) is 8.16. The van der Waals surface area contributed by atoms with Gasteiger partial charge in [-0.3, -0.25) is 4.79 Å². The molecule has 2 fully saturated rings. The Morgan fingerprint density at radius 3 is 3.00 bits per heavy atom. The zero-order valence-corrected chi connectivity index (χ0v) is 15.3. The smallest absolute Gasteiger partial charge is 0.227 e. The average molecular weight is 356 g/mol. The van der Waals surface area contributed by atoms with E-state index in [1.165, 1.54) is 37.7 Å². The van der Waals surface area contributed by atoms with Crippen LogP contribution < -0.4 is 5.32 Å². The molecule has 4 rings (SSSR count). The first kappa shape index (κ1) is 17.5. The summed E-state index contributed by atoms with van der Waals surface area (Å²) in [5.41, 5.74) is 1.29. The van der Waals surface area contributed by atoms with Crippen molar-refractivity contribution in [2.24, 2.45) is 0 Å². The van der Waals surface area contributed by atoms with E-state index in [1.807, 2.05) is 11.0 Å². The van der Waals surface area contributed by atoms with Crippen molar-refractivity contribution in [2.45, 2.75) is 63.5 Å². The molecule has 0 aromatic carbocycles. The second-order valence-electron chi connectivity index (χ2n) is 7.54. The average Bonchev–Trinajstić information content (AvgIpc) is 2.66. The zero-order valence-electron chi connectivity index (χ0n) is 15.3. The molecule has 0 bridgehead atoms. The number of carbonyl (C=O) groups excluding carboxylic acids is 1. The van der Waals surface area contributed by atoms with Crippen LogP contribution in [0.2, 0.25) is 0 Å². The summed E-state index contributed by atoms with van der Waals surface area (Å²) in [6.07, 6.45) is 12.8. The molecule has 0 spiro atoms. The third-order valence-electron chi connectivity index (χ3n) is 5.64. The molecule has 1 aromatic heterocycles. The molecule has 1 atom stereocenters. The maximum atomic E-state index is 12.9. The van der Waals surface area contributed by atoms with E-state index in [9.17, 15) is 4.79 Å². The van der Waals surface area contributed by atoms with Gasteiger partial charge in [-0.25, -0.2) is 9.97 Å². The topological polar surface area (TPSA) is 67.4 Å². The highest BCUT2D eigenvalue weighted by Gasteiger charge is 2.31. The molecule has 0 radical (unpaired) electrons. The number of aromatic nitrogens is 2. The Morgan fingerprint density at radius 2 is 2.23 bits per heavy atom. The summed E-state index contributed by atoms with van der Waals surface area (Å²) in [6, 6.07) is 2.24. The molecule has 140 valence electrons. The van der Waals surface area contributed by atoms with Crippen LogP contribution in [0.4, 0.5) is 5.82 Å². The first-order chi connectivity index (χ1) is 12.8. The SMILES string of the molecule is O=C(CC1=CCCCC1)N1CCOC[C@H]1c1nccc(NC2CCC2)n1.